The molecule has 0 bridgehead atoms. The molecule has 1 heterocycles. The molecule has 12 heavy (non-hydrogen) atoms. The van der Waals surface area contributed by atoms with Crippen molar-refractivity contribution in [1.82, 2.24) is 4.90 Å². The van der Waals surface area contributed by atoms with Gasteiger partial charge in [-0.05, 0) is 18.3 Å². The van der Waals surface area contributed by atoms with Crippen molar-refractivity contribution < 1.29 is 0 Å². The summed E-state index contributed by atoms with van der Waals surface area (Å²) in [6, 6.07) is 0. The first kappa shape index (κ1) is 9.56. The largest absolute Gasteiger partial charge is 0.361 e. The standard InChI is InChI=1S/C10H20N2/c1-10(2,3)8-9(11)12-6-4-5-7-12/h11H,4-8H2,1-3H3. The maximum Gasteiger partial charge on any atom is 0.0962 e. The van der Waals surface area contributed by atoms with E-state index in [-0.39, 0.29) is 5.41 Å². The SMILES string of the molecule is CC(C)(C)CC(=N)N1CCCC1. The molecule has 0 aliphatic carbocycles. The Balaban J connectivity index is 2.37. The summed E-state index contributed by atoms with van der Waals surface area (Å²) < 4.78 is 0. The van der Waals surface area contributed by atoms with Gasteiger partial charge < -0.3 is 4.90 Å². The first-order valence-electron chi connectivity index (χ1n) is 4.81. The molecule has 0 spiro atoms. The summed E-state index contributed by atoms with van der Waals surface area (Å²) in [6.45, 7) is 8.79. The van der Waals surface area contributed by atoms with E-state index < -0.39 is 0 Å². The maximum absolute atomic E-state index is 7.87. The van der Waals surface area contributed by atoms with Crippen LogP contribution in [0.5, 0.6) is 0 Å². The van der Waals surface area contributed by atoms with Crippen LogP contribution in [0.15, 0.2) is 0 Å². The fourth-order valence-electron chi connectivity index (χ4n) is 1.60. The van der Waals surface area contributed by atoms with Gasteiger partial charge in [0.05, 0.1) is 5.84 Å². The molecule has 1 aliphatic heterocycles. The third-order valence-corrected chi connectivity index (χ3v) is 2.19. The molecular weight excluding hydrogens is 148 g/mol. The quantitative estimate of drug-likeness (QED) is 0.472. The first-order chi connectivity index (χ1) is 5.49. The van der Waals surface area contributed by atoms with Crippen molar-refractivity contribution in [1.29, 1.82) is 5.41 Å². The van der Waals surface area contributed by atoms with Gasteiger partial charge in [0.1, 0.15) is 0 Å². The monoisotopic (exact) mass is 168 g/mol. The van der Waals surface area contributed by atoms with Crippen LogP contribution in [0.25, 0.3) is 0 Å². The van der Waals surface area contributed by atoms with E-state index in [1.54, 1.807) is 0 Å². The Morgan fingerprint density at radius 1 is 1.25 bits per heavy atom. The molecule has 1 saturated heterocycles. The van der Waals surface area contributed by atoms with Gasteiger partial charge in [-0.2, -0.15) is 0 Å². The third-order valence-electron chi connectivity index (χ3n) is 2.19. The van der Waals surface area contributed by atoms with Gasteiger partial charge in [0.25, 0.3) is 0 Å². The molecule has 0 aromatic rings. The molecule has 2 nitrogen and oxygen atoms in total. The van der Waals surface area contributed by atoms with Crippen LogP contribution in [0.1, 0.15) is 40.0 Å². The van der Waals surface area contributed by atoms with Gasteiger partial charge in [0, 0.05) is 19.5 Å². The lowest BCUT2D eigenvalue weighted by atomic mass is 9.91. The highest BCUT2D eigenvalue weighted by Crippen LogP contribution is 2.21. The molecule has 0 aromatic heterocycles. The molecule has 0 unspecified atom stereocenters. The van der Waals surface area contributed by atoms with Gasteiger partial charge in [-0.15, -0.1) is 0 Å². The summed E-state index contributed by atoms with van der Waals surface area (Å²) in [5, 5.41) is 7.87. The van der Waals surface area contributed by atoms with Crippen molar-refractivity contribution in [3.05, 3.63) is 0 Å². The van der Waals surface area contributed by atoms with Gasteiger partial charge >= 0.3 is 0 Å². The molecule has 70 valence electrons. The molecular formula is C10H20N2. The van der Waals surface area contributed by atoms with Crippen LogP contribution in [0.3, 0.4) is 0 Å². The van der Waals surface area contributed by atoms with Gasteiger partial charge in [0.15, 0.2) is 0 Å². The Hall–Kier alpha value is -0.530. The normalized spacial score (nSPS) is 18.4. The molecule has 0 radical (unpaired) electrons. The smallest absolute Gasteiger partial charge is 0.0962 e. The van der Waals surface area contributed by atoms with Gasteiger partial charge in [-0.3, -0.25) is 5.41 Å². The fraction of sp³-hybridized carbons (Fsp3) is 0.900. The Kier molecular flexibility index (Phi) is 2.76. The highest BCUT2D eigenvalue weighted by Gasteiger charge is 2.20. The van der Waals surface area contributed by atoms with Crippen molar-refractivity contribution in [3.63, 3.8) is 0 Å². The summed E-state index contributed by atoms with van der Waals surface area (Å²) in [6.07, 6.45) is 3.45. The number of hydrogen-bond donors (Lipinski definition) is 1. The van der Waals surface area contributed by atoms with Crippen molar-refractivity contribution in [2.75, 3.05) is 13.1 Å². The molecule has 1 fully saturated rings. The predicted octanol–water partition coefficient (Wildman–Crippen LogP) is 2.50. The van der Waals surface area contributed by atoms with E-state index in [0.29, 0.717) is 0 Å². The number of rotatable bonds is 1. The van der Waals surface area contributed by atoms with Crippen molar-refractivity contribution in [2.24, 2.45) is 5.41 Å². The lowest BCUT2D eigenvalue weighted by molar-refractivity contribution is 0.397. The van der Waals surface area contributed by atoms with Crippen molar-refractivity contribution in [2.45, 2.75) is 40.0 Å². The Labute approximate surface area is 75.5 Å². The molecule has 0 amide bonds. The van der Waals surface area contributed by atoms with E-state index in [1.165, 1.54) is 12.8 Å². The fourth-order valence-corrected chi connectivity index (χ4v) is 1.60. The second-order valence-electron chi connectivity index (χ2n) is 4.88. The minimum Gasteiger partial charge on any atom is -0.361 e. The van der Waals surface area contributed by atoms with E-state index in [0.717, 1.165) is 25.3 Å². The maximum atomic E-state index is 7.87. The van der Waals surface area contributed by atoms with Gasteiger partial charge in [-0.1, -0.05) is 20.8 Å². The average Bonchev–Trinajstić information content (AvgIpc) is 2.32. The highest BCUT2D eigenvalue weighted by atomic mass is 15.2. The summed E-state index contributed by atoms with van der Waals surface area (Å²) in [4.78, 5) is 2.21. The van der Waals surface area contributed by atoms with Crippen LogP contribution in [-0.4, -0.2) is 23.8 Å². The molecule has 1 aliphatic rings. The number of amidine groups is 1. The zero-order valence-corrected chi connectivity index (χ0v) is 8.48. The third kappa shape index (κ3) is 2.84. The molecule has 0 aromatic carbocycles. The van der Waals surface area contributed by atoms with E-state index in [2.05, 4.69) is 25.7 Å². The van der Waals surface area contributed by atoms with Crippen LogP contribution in [0, 0.1) is 10.8 Å². The van der Waals surface area contributed by atoms with Crippen LogP contribution >= 0.6 is 0 Å². The lowest BCUT2D eigenvalue weighted by Crippen LogP contribution is -2.30. The zero-order valence-electron chi connectivity index (χ0n) is 8.48. The van der Waals surface area contributed by atoms with Crippen molar-refractivity contribution >= 4 is 5.84 Å². The molecule has 1 N–H and O–H groups in total. The Morgan fingerprint density at radius 3 is 2.17 bits per heavy atom. The Morgan fingerprint density at radius 2 is 1.75 bits per heavy atom. The van der Waals surface area contributed by atoms with Crippen LogP contribution in [0.4, 0.5) is 0 Å². The molecule has 0 saturated carbocycles. The summed E-state index contributed by atoms with van der Waals surface area (Å²) in [7, 11) is 0. The minimum absolute atomic E-state index is 0.264. The number of nitrogens with one attached hydrogen (secondary N) is 1. The van der Waals surface area contributed by atoms with E-state index in [9.17, 15) is 0 Å². The highest BCUT2D eigenvalue weighted by molar-refractivity contribution is 5.79. The second kappa shape index (κ2) is 3.46. The first-order valence-corrected chi connectivity index (χ1v) is 4.81. The van der Waals surface area contributed by atoms with Gasteiger partial charge in [-0.25, -0.2) is 0 Å². The Bertz CT molecular complexity index is 161. The minimum atomic E-state index is 0.264. The average molecular weight is 168 g/mol. The van der Waals surface area contributed by atoms with Crippen LogP contribution in [0.2, 0.25) is 0 Å². The number of hydrogen-bond acceptors (Lipinski definition) is 1. The second-order valence-corrected chi connectivity index (χ2v) is 4.88. The number of nitrogens with zero attached hydrogens (tertiary/aromatic N) is 1. The predicted molar refractivity (Wildman–Crippen MR) is 52.6 cm³/mol. The van der Waals surface area contributed by atoms with Crippen molar-refractivity contribution in [3.8, 4) is 0 Å². The van der Waals surface area contributed by atoms with Gasteiger partial charge in [0.2, 0.25) is 0 Å². The summed E-state index contributed by atoms with van der Waals surface area (Å²) in [5.41, 5.74) is 0.264. The number of likely N-dealkylation sites (tertiary alicyclic amines) is 1. The van der Waals surface area contributed by atoms with E-state index in [1.807, 2.05) is 0 Å². The molecule has 1 rings (SSSR count). The van der Waals surface area contributed by atoms with Crippen LogP contribution in [-0.2, 0) is 0 Å². The molecule has 2 heteroatoms. The zero-order chi connectivity index (χ0) is 9.19. The van der Waals surface area contributed by atoms with Crippen LogP contribution < -0.4 is 0 Å². The lowest BCUT2D eigenvalue weighted by Gasteiger charge is -2.25. The summed E-state index contributed by atoms with van der Waals surface area (Å²) >= 11 is 0. The molecule has 0 atom stereocenters. The van der Waals surface area contributed by atoms with E-state index in [4.69, 9.17) is 5.41 Å². The summed E-state index contributed by atoms with van der Waals surface area (Å²) in [5.74, 6) is 0.833. The van der Waals surface area contributed by atoms with E-state index >= 15 is 0 Å². The topological polar surface area (TPSA) is 27.1 Å².